The molecule has 0 atom stereocenters. The minimum absolute atomic E-state index is 0.743. The standard InChI is InChI=1S/C15H14OS/c1-12-5-2-3-8-15(12)17-11-14-7-4-6-13(9-14)10-16/h2-10H,11H2,1H3. The van der Waals surface area contributed by atoms with E-state index >= 15 is 0 Å². The fourth-order valence-corrected chi connectivity index (χ4v) is 2.61. The predicted octanol–water partition coefficient (Wildman–Crippen LogP) is 4.10. The van der Waals surface area contributed by atoms with Gasteiger partial charge in [-0.2, -0.15) is 0 Å². The van der Waals surface area contributed by atoms with Gasteiger partial charge in [-0.05, 0) is 30.2 Å². The zero-order chi connectivity index (χ0) is 12.1. The zero-order valence-electron chi connectivity index (χ0n) is 9.72. The third-order valence-corrected chi connectivity index (χ3v) is 3.82. The van der Waals surface area contributed by atoms with Crippen molar-refractivity contribution >= 4 is 18.0 Å². The summed E-state index contributed by atoms with van der Waals surface area (Å²) in [5, 5.41) is 0. The molecule has 0 radical (unpaired) electrons. The molecule has 0 saturated heterocycles. The van der Waals surface area contributed by atoms with Crippen molar-refractivity contribution in [2.45, 2.75) is 17.6 Å². The molecule has 0 bridgehead atoms. The highest BCUT2D eigenvalue weighted by atomic mass is 32.2. The molecule has 0 heterocycles. The van der Waals surface area contributed by atoms with Crippen LogP contribution in [0.4, 0.5) is 0 Å². The van der Waals surface area contributed by atoms with Crippen LogP contribution in [0, 0.1) is 6.92 Å². The largest absolute Gasteiger partial charge is 0.298 e. The Morgan fingerprint density at radius 1 is 1.12 bits per heavy atom. The van der Waals surface area contributed by atoms with Gasteiger partial charge in [0.1, 0.15) is 6.29 Å². The van der Waals surface area contributed by atoms with Crippen molar-refractivity contribution in [1.82, 2.24) is 0 Å². The Labute approximate surface area is 106 Å². The molecule has 0 fully saturated rings. The van der Waals surface area contributed by atoms with Crippen LogP contribution in [0.15, 0.2) is 53.4 Å². The maximum atomic E-state index is 10.7. The van der Waals surface area contributed by atoms with E-state index < -0.39 is 0 Å². The molecule has 0 amide bonds. The number of rotatable bonds is 4. The van der Waals surface area contributed by atoms with Crippen molar-refractivity contribution in [3.63, 3.8) is 0 Å². The average molecular weight is 242 g/mol. The molecule has 2 aromatic rings. The summed E-state index contributed by atoms with van der Waals surface area (Å²) in [4.78, 5) is 12.0. The molecular formula is C15H14OS. The topological polar surface area (TPSA) is 17.1 Å². The molecule has 0 aromatic heterocycles. The van der Waals surface area contributed by atoms with Crippen LogP contribution in [-0.2, 0) is 5.75 Å². The van der Waals surface area contributed by atoms with Gasteiger partial charge in [0.15, 0.2) is 0 Å². The van der Waals surface area contributed by atoms with Crippen LogP contribution < -0.4 is 0 Å². The summed E-state index contributed by atoms with van der Waals surface area (Å²) in [7, 11) is 0. The lowest BCUT2D eigenvalue weighted by Crippen LogP contribution is -1.85. The Balaban J connectivity index is 2.07. The van der Waals surface area contributed by atoms with Gasteiger partial charge in [0.05, 0.1) is 0 Å². The number of carbonyl (C=O) groups excluding carboxylic acids is 1. The quantitative estimate of drug-likeness (QED) is 0.593. The van der Waals surface area contributed by atoms with Gasteiger partial charge in [-0.1, -0.05) is 36.4 Å². The van der Waals surface area contributed by atoms with Crippen LogP contribution in [-0.4, -0.2) is 6.29 Å². The molecule has 2 rings (SSSR count). The maximum absolute atomic E-state index is 10.7. The van der Waals surface area contributed by atoms with E-state index in [2.05, 4.69) is 31.2 Å². The monoisotopic (exact) mass is 242 g/mol. The summed E-state index contributed by atoms with van der Waals surface area (Å²) in [5.41, 5.74) is 3.22. The number of aryl methyl sites for hydroxylation is 1. The summed E-state index contributed by atoms with van der Waals surface area (Å²) in [6.07, 6.45) is 0.891. The van der Waals surface area contributed by atoms with Gasteiger partial charge < -0.3 is 0 Å². The first-order valence-corrected chi connectivity index (χ1v) is 6.51. The molecule has 0 aliphatic heterocycles. The molecule has 0 aliphatic rings. The zero-order valence-corrected chi connectivity index (χ0v) is 10.5. The molecule has 2 aromatic carbocycles. The predicted molar refractivity (Wildman–Crippen MR) is 72.6 cm³/mol. The molecule has 0 saturated carbocycles. The van der Waals surface area contributed by atoms with Crippen molar-refractivity contribution in [2.24, 2.45) is 0 Å². The second-order valence-corrected chi connectivity index (χ2v) is 4.93. The number of aldehydes is 1. The van der Waals surface area contributed by atoms with Gasteiger partial charge in [0.2, 0.25) is 0 Å². The minimum atomic E-state index is 0.743. The molecule has 0 unspecified atom stereocenters. The maximum Gasteiger partial charge on any atom is 0.150 e. The first-order valence-electron chi connectivity index (χ1n) is 5.52. The first-order chi connectivity index (χ1) is 8.29. The van der Waals surface area contributed by atoms with Crippen LogP contribution in [0.3, 0.4) is 0 Å². The molecule has 0 N–H and O–H groups in total. The van der Waals surface area contributed by atoms with Gasteiger partial charge >= 0.3 is 0 Å². The van der Waals surface area contributed by atoms with Crippen LogP contribution in [0.25, 0.3) is 0 Å². The summed E-state index contributed by atoms with van der Waals surface area (Å²) < 4.78 is 0. The first kappa shape index (κ1) is 11.9. The molecule has 17 heavy (non-hydrogen) atoms. The molecule has 0 aliphatic carbocycles. The van der Waals surface area contributed by atoms with E-state index in [4.69, 9.17) is 0 Å². The van der Waals surface area contributed by atoms with Crippen molar-refractivity contribution in [3.8, 4) is 0 Å². The number of carbonyl (C=O) groups is 1. The molecular weight excluding hydrogens is 228 g/mol. The highest BCUT2D eigenvalue weighted by Gasteiger charge is 2.00. The van der Waals surface area contributed by atoms with Crippen molar-refractivity contribution < 1.29 is 4.79 Å². The lowest BCUT2D eigenvalue weighted by atomic mass is 10.2. The molecule has 0 spiro atoms. The van der Waals surface area contributed by atoms with Gasteiger partial charge in [-0.15, -0.1) is 11.8 Å². The van der Waals surface area contributed by atoms with E-state index in [0.717, 1.165) is 17.6 Å². The second kappa shape index (κ2) is 5.69. The molecule has 86 valence electrons. The van der Waals surface area contributed by atoms with Crippen LogP contribution in [0.5, 0.6) is 0 Å². The third-order valence-electron chi connectivity index (χ3n) is 2.58. The Morgan fingerprint density at radius 2 is 1.94 bits per heavy atom. The van der Waals surface area contributed by atoms with Gasteiger partial charge in [0.25, 0.3) is 0 Å². The van der Waals surface area contributed by atoms with Crippen molar-refractivity contribution in [2.75, 3.05) is 0 Å². The van der Waals surface area contributed by atoms with E-state index in [9.17, 15) is 4.79 Å². The fourth-order valence-electron chi connectivity index (χ4n) is 1.64. The lowest BCUT2D eigenvalue weighted by molar-refractivity contribution is 0.112. The normalized spacial score (nSPS) is 10.2. The molecule has 1 nitrogen and oxygen atoms in total. The Morgan fingerprint density at radius 3 is 2.71 bits per heavy atom. The van der Waals surface area contributed by atoms with E-state index in [1.807, 2.05) is 24.3 Å². The number of thioether (sulfide) groups is 1. The number of hydrogen-bond acceptors (Lipinski definition) is 2. The second-order valence-electron chi connectivity index (χ2n) is 3.92. The highest BCUT2D eigenvalue weighted by molar-refractivity contribution is 7.98. The molecule has 2 heteroatoms. The minimum Gasteiger partial charge on any atom is -0.298 e. The Hall–Kier alpha value is -1.54. The van der Waals surface area contributed by atoms with E-state index in [0.29, 0.717) is 0 Å². The Bertz CT molecular complexity index is 520. The summed E-state index contributed by atoms with van der Waals surface area (Å²) in [6.45, 7) is 2.12. The van der Waals surface area contributed by atoms with Crippen LogP contribution in [0.2, 0.25) is 0 Å². The van der Waals surface area contributed by atoms with Gasteiger partial charge in [-0.25, -0.2) is 0 Å². The number of hydrogen-bond donors (Lipinski definition) is 0. The van der Waals surface area contributed by atoms with Crippen molar-refractivity contribution in [3.05, 3.63) is 65.2 Å². The summed E-state index contributed by atoms with van der Waals surface area (Å²) in [6, 6.07) is 16.1. The van der Waals surface area contributed by atoms with Gasteiger partial charge in [-0.3, -0.25) is 4.79 Å². The number of benzene rings is 2. The van der Waals surface area contributed by atoms with Gasteiger partial charge in [0, 0.05) is 16.2 Å². The fraction of sp³-hybridized carbons (Fsp3) is 0.133. The lowest BCUT2D eigenvalue weighted by Gasteiger charge is -2.05. The third kappa shape index (κ3) is 3.21. The summed E-state index contributed by atoms with van der Waals surface area (Å²) in [5.74, 6) is 0.895. The van der Waals surface area contributed by atoms with E-state index in [1.54, 1.807) is 11.8 Å². The summed E-state index contributed by atoms with van der Waals surface area (Å²) >= 11 is 1.80. The Kier molecular flexibility index (Phi) is 3.99. The smallest absolute Gasteiger partial charge is 0.150 e. The van der Waals surface area contributed by atoms with E-state index in [-0.39, 0.29) is 0 Å². The highest BCUT2D eigenvalue weighted by Crippen LogP contribution is 2.25. The van der Waals surface area contributed by atoms with Crippen LogP contribution >= 0.6 is 11.8 Å². The van der Waals surface area contributed by atoms with Crippen molar-refractivity contribution in [1.29, 1.82) is 0 Å². The van der Waals surface area contributed by atoms with Crippen LogP contribution in [0.1, 0.15) is 21.5 Å². The average Bonchev–Trinajstić information content (AvgIpc) is 2.38. The van der Waals surface area contributed by atoms with E-state index in [1.165, 1.54) is 16.0 Å². The SMILES string of the molecule is Cc1ccccc1SCc1cccc(C=O)c1.